The molecule has 1 aromatic carbocycles. The third-order valence-corrected chi connectivity index (χ3v) is 2.49. The van der Waals surface area contributed by atoms with Crippen molar-refractivity contribution < 1.29 is 4.74 Å². The molecule has 0 bridgehead atoms. The molecular formula is C20H38O. The number of rotatable bonds is 2. The summed E-state index contributed by atoms with van der Waals surface area (Å²) in [5.41, 5.74) is 3.65. The normalized spacial score (nSPS) is 8.90. The topological polar surface area (TPSA) is 9.23 Å². The number of hydrogen-bond donors (Lipinski definition) is 0. The van der Waals surface area contributed by atoms with Crippen LogP contribution in [-0.2, 0) is 5.41 Å². The number of benzene rings is 1. The van der Waals surface area contributed by atoms with E-state index in [0.717, 1.165) is 11.3 Å². The maximum atomic E-state index is 5.48. The van der Waals surface area contributed by atoms with Crippen molar-refractivity contribution in [3.63, 3.8) is 0 Å². The highest BCUT2D eigenvalue weighted by Crippen LogP contribution is 2.35. The van der Waals surface area contributed by atoms with Gasteiger partial charge in [0.05, 0.1) is 7.11 Å². The molecule has 0 amide bonds. The van der Waals surface area contributed by atoms with E-state index >= 15 is 0 Å². The van der Waals surface area contributed by atoms with Gasteiger partial charge in [-0.3, -0.25) is 0 Å². The van der Waals surface area contributed by atoms with E-state index in [4.69, 9.17) is 4.74 Å². The minimum Gasteiger partial charge on any atom is -0.496 e. The number of hydrogen-bond acceptors (Lipinski definition) is 1. The first-order chi connectivity index (χ1) is 9.90. The van der Waals surface area contributed by atoms with Gasteiger partial charge in [0.2, 0.25) is 0 Å². The van der Waals surface area contributed by atoms with E-state index < -0.39 is 0 Å². The van der Waals surface area contributed by atoms with Crippen molar-refractivity contribution in [1.29, 1.82) is 0 Å². The first-order valence-electron chi connectivity index (χ1n) is 8.21. The zero-order valence-corrected chi connectivity index (χ0v) is 16.3. The molecule has 21 heavy (non-hydrogen) atoms. The van der Waals surface area contributed by atoms with Crippen LogP contribution in [0.15, 0.2) is 18.7 Å². The Morgan fingerprint density at radius 3 is 1.67 bits per heavy atom. The molecule has 0 spiro atoms. The molecule has 0 saturated carbocycles. The highest BCUT2D eigenvalue weighted by atomic mass is 16.5. The van der Waals surface area contributed by atoms with Gasteiger partial charge < -0.3 is 4.74 Å². The lowest BCUT2D eigenvalue weighted by Gasteiger charge is -2.24. The SMILES string of the molecule is C=Cc1cc(C)cc(C(C)(C)C)c1OC.CC.CC.CC. The summed E-state index contributed by atoms with van der Waals surface area (Å²) in [6.07, 6.45) is 1.85. The van der Waals surface area contributed by atoms with Crippen LogP contribution in [0.25, 0.3) is 6.08 Å². The summed E-state index contributed by atoms with van der Waals surface area (Å²) in [7, 11) is 1.72. The van der Waals surface area contributed by atoms with Gasteiger partial charge in [0, 0.05) is 11.1 Å². The van der Waals surface area contributed by atoms with Gasteiger partial charge in [-0.1, -0.05) is 81.0 Å². The Labute approximate surface area is 134 Å². The first-order valence-corrected chi connectivity index (χ1v) is 8.21. The molecule has 0 fully saturated rings. The van der Waals surface area contributed by atoms with Crippen LogP contribution in [0.5, 0.6) is 5.75 Å². The van der Waals surface area contributed by atoms with Crippen LogP contribution < -0.4 is 4.74 Å². The summed E-state index contributed by atoms with van der Waals surface area (Å²) in [6, 6.07) is 4.28. The van der Waals surface area contributed by atoms with Crippen molar-refractivity contribution in [2.24, 2.45) is 0 Å². The predicted octanol–water partition coefficient (Wildman–Crippen LogP) is 7.02. The molecule has 0 aliphatic heterocycles. The van der Waals surface area contributed by atoms with E-state index in [0.29, 0.717) is 0 Å². The van der Waals surface area contributed by atoms with Crippen molar-refractivity contribution in [3.05, 3.63) is 35.4 Å². The molecule has 0 atom stereocenters. The van der Waals surface area contributed by atoms with Gasteiger partial charge in [0.15, 0.2) is 0 Å². The summed E-state index contributed by atoms with van der Waals surface area (Å²) in [4.78, 5) is 0. The zero-order valence-electron chi connectivity index (χ0n) is 16.3. The maximum Gasteiger partial charge on any atom is 0.129 e. The van der Waals surface area contributed by atoms with Crippen molar-refractivity contribution in [2.45, 2.75) is 74.7 Å². The summed E-state index contributed by atoms with van der Waals surface area (Å²) < 4.78 is 5.48. The maximum absolute atomic E-state index is 5.48. The molecule has 0 aliphatic carbocycles. The molecular weight excluding hydrogens is 256 g/mol. The first kappa shape index (κ1) is 24.8. The van der Waals surface area contributed by atoms with Gasteiger partial charge >= 0.3 is 0 Å². The molecule has 1 heteroatoms. The number of aryl methyl sites for hydroxylation is 1. The third-order valence-electron chi connectivity index (χ3n) is 2.49. The average Bonchev–Trinajstić information content (AvgIpc) is 2.51. The molecule has 1 aromatic rings. The summed E-state index contributed by atoms with van der Waals surface area (Å²) in [5.74, 6) is 0.947. The largest absolute Gasteiger partial charge is 0.496 e. The minimum absolute atomic E-state index is 0.0924. The molecule has 0 radical (unpaired) electrons. The molecule has 1 rings (SSSR count). The monoisotopic (exact) mass is 294 g/mol. The van der Waals surface area contributed by atoms with Crippen molar-refractivity contribution in [3.8, 4) is 5.75 Å². The second-order valence-corrected chi connectivity index (χ2v) is 4.89. The lowest BCUT2D eigenvalue weighted by molar-refractivity contribution is 0.396. The van der Waals surface area contributed by atoms with Gasteiger partial charge in [-0.05, 0) is 24.0 Å². The smallest absolute Gasteiger partial charge is 0.129 e. The van der Waals surface area contributed by atoms with Crippen LogP contribution in [0, 0.1) is 6.92 Å². The second kappa shape index (κ2) is 13.7. The summed E-state index contributed by atoms with van der Waals surface area (Å²) in [5, 5.41) is 0. The fraction of sp³-hybridized carbons (Fsp3) is 0.600. The van der Waals surface area contributed by atoms with Crippen LogP contribution >= 0.6 is 0 Å². The van der Waals surface area contributed by atoms with Crippen LogP contribution in [0.2, 0.25) is 0 Å². The van der Waals surface area contributed by atoms with E-state index in [1.54, 1.807) is 7.11 Å². The van der Waals surface area contributed by atoms with Gasteiger partial charge in [-0.15, -0.1) is 0 Å². The van der Waals surface area contributed by atoms with Crippen LogP contribution in [0.3, 0.4) is 0 Å². The van der Waals surface area contributed by atoms with Gasteiger partial charge in [0.1, 0.15) is 5.75 Å². The van der Waals surface area contributed by atoms with E-state index in [2.05, 4.69) is 46.4 Å². The molecule has 0 heterocycles. The Hall–Kier alpha value is -1.24. The average molecular weight is 295 g/mol. The Balaban J connectivity index is -0.000000478. The Bertz CT molecular complexity index is 370. The molecule has 0 aromatic heterocycles. The van der Waals surface area contributed by atoms with E-state index in [9.17, 15) is 0 Å². The molecule has 0 saturated heterocycles. The van der Waals surface area contributed by atoms with Gasteiger partial charge in [-0.2, -0.15) is 0 Å². The zero-order chi connectivity index (χ0) is 17.6. The predicted molar refractivity (Wildman–Crippen MR) is 101 cm³/mol. The lowest BCUT2D eigenvalue weighted by Crippen LogP contribution is -2.13. The lowest BCUT2D eigenvalue weighted by atomic mass is 9.84. The molecule has 0 unspecified atom stereocenters. The van der Waals surface area contributed by atoms with E-state index in [1.165, 1.54) is 11.1 Å². The minimum atomic E-state index is 0.0924. The van der Waals surface area contributed by atoms with Gasteiger partial charge in [0.25, 0.3) is 0 Å². The van der Waals surface area contributed by atoms with E-state index in [1.807, 2.05) is 47.6 Å². The van der Waals surface area contributed by atoms with Crippen LogP contribution in [-0.4, -0.2) is 7.11 Å². The Kier molecular flexibility index (Phi) is 16.2. The number of ether oxygens (including phenoxy) is 1. The van der Waals surface area contributed by atoms with Crippen molar-refractivity contribution in [2.75, 3.05) is 7.11 Å². The molecule has 0 N–H and O–H groups in total. The van der Waals surface area contributed by atoms with Crippen molar-refractivity contribution in [1.82, 2.24) is 0 Å². The second-order valence-electron chi connectivity index (χ2n) is 4.89. The van der Waals surface area contributed by atoms with Gasteiger partial charge in [-0.25, -0.2) is 0 Å². The Morgan fingerprint density at radius 1 is 0.952 bits per heavy atom. The quantitative estimate of drug-likeness (QED) is 0.569. The number of methoxy groups -OCH3 is 1. The molecule has 124 valence electrons. The Morgan fingerprint density at radius 2 is 1.38 bits per heavy atom. The fourth-order valence-electron chi connectivity index (χ4n) is 1.74. The van der Waals surface area contributed by atoms with Crippen LogP contribution in [0.1, 0.15) is 79.0 Å². The highest BCUT2D eigenvalue weighted by molar-refractivity contribution is 5.61. The molecule has 0 aliphatic rings. The van der Waals surface area contributed by atoms with Crippen LogP contribution in [0.4, 0.5) is 0 Å². The summed E-state index contributed by atoms with van der Waals surface area (Å²) in [6.45, 7) is 24.5. The highest BCUT2D eigenvalue weighted by Gasteiger charge is 2.20. The molecule has 1 nitrogen and oxygen atoms in total. The summed E-state index contributed by atoms with van der Waals surface area (Å²) >= 11 is 0. The third kappa shape index (κ3) is 8.60. The van der Waals surface area contributed by atoms with E-state index in [-0.39, 0.29) is 5.41 Å². The standard InChI is InChI=1S/C14H20O.3C2H6/c1-7-11-8-10(2)9-12(13(11)15-6)14(3,4)5;3*1-2/h7-9H,1H2,2-6H3;3*1-2H3. The fourth-order valence-corrected chi connectivity index (χ4v) is 1.74. The van der Waals surface area contributed by atoms with Crippen molar-refractivity contribution >= 4 is 6.08 Å².